The zero-order valence-electron chi connectivity index (χ0n) is 13.3. The number of hydrogen-bond donors (Lipinski definition) is 0. The van der Waals surface area contributed by atoms with Gasteiger partial charge in [-0.15, -0.1) is 11.3 Å². The Labute approximate surface area is 149 Å². The molecule has 1 fully saturated rings. The second-order valence-electron chi connectivity index (χ2n) is 5.80. The number of aromatic nitrogens is 3. The quantitative estimate of drug-likeness (QED) is 0.695. The molecule has 0 radical (unpaired) electrons. The van der Waals surface area contributed by atoms with E-state index in [2.05, 4.69) is 15.1 Å². The van der Waals surface area contributed by atoms with Crippen molar-refractivity contribution in [1.29, 1.82) is 0 Å². The van der Waals surface area contributed by atoms with Crippen molar-refractivity contribution in [2.24, 2.45) is 0 Å². The summed E-state index contributed by atoms with van der Waals surface area (Å²) >= 11 is 1.25. The van der Waals surface area contributed by atoms with Gasteiger partial charge in [-0.2, -0.15) is 9.29 Å². The summed E-state index contributed by atoms with van der Waals surface area (Å²) in [5, 5.41) is 5.80. The molecule has 0 saturated carbocycles. The first kappa shape index (κ1) is 16.4. The molecular formula is C16H16N4O3S2. The van der Waals surface area contributed by atoms with Gasteiger partial charge in [0, 0.05) is 37.0 Å². The van der Waals surface area contributed by atoms with Gasteiger partial charge in [0.25, 0.3) is 10.0 Å². The van der Waals surface area contributed by atoms with Crippen LogP contribution in [0.5, 0.6) is 0 Å². The molecule has 1 saturated heterocycles. The third kappa shape index (κ3) is 3.22. The van der Waals surface area contributed by atoms with Crippen LogP contribution in [-0.2, 0) is 10.0 Å². The molecule has 0 atom stereocenters. The van der Waals surface area contributed by atoms with Crippen LogP contribution in [0.25, 0.3) is 11.4 Å². The zero-order valence-corrected chi connectivity index (χ0v) is 14.9. The zero-order chi connectivity index (χ0) is 17.3. The summed E-state index contributed by atoms with van der Waals surface area (Å²) < 4.78 is 32.5. The van der Waals surface area contributed by atoms with Gasteiger partial charge in [0.05, 0.1) is 0 Å². The van der Waals surface area contributed by atoms with Crippen LogP contribution in [-0.4, -0.2) is 40.9 Å². The van der Waals surface area contributed by atoms with Gasteiger partial charge in [-0.1, -0.05) is 11.2 Å². The van der Waals surface area contributed by atoms with Gasteiger partial charge < -0.3 is 4.52 Å². The summed E-state index contributed by atoms with van der Waals surface area (Å²) in [5.74, 6) is 1.18. The third-order valence-electron chi connectivity index (χ3n) is 4.27. The standard InChI is InChI=1S/C16H16N4O3S2/c21-25(22,14-2-1-11-24-14)20-9-5-13(6-10-20)16-18-15(19-23-16)12-3-7-17-8-4-12/h1-4,7-8,11,13H,5-6,9-10H2. The van der Waals surface area contributed by atoms with Crippen molar-refractivity contribution in [2.75, 3.05) is 13.1 Å². The Morgan fingerprint density at radius 3 is 2.60 bits per heavy atom. The van der Waals surface area contributed by atoms with Crippen LogP contribution in [0.2, 0.25) is 0 Å². The van der Waals surface area contributed by atoms with E-state index in [-0.39, 0.29) is 5.92 Å². The molecule has 0 aromatic carbocycles. The predicted octanol–water partition coefficient (Wildman–Crippen LogP) is 2.76. The predicted molar refractivity (Wildman–Crippen MR) is 92.6 cm³/mol. The maximum atomic E-state index is 12.6. The Hall–Kier alpha value is -2.10. The summed E-state index contributed by atoms with van der Waals surface area (Å²) in [6.07, 6.45) is 4.70. The molecule has 3 aromatic rings. The average molecular weight is 376 g/mol. The SMILES string of the molecule is O=S(=O)(c1cccs1)N1CCC(c2nc(-c3ccncc3)no2)CC1. The molecule has 0 amide bonds. The maximum absolute atomic E-state index is 12.6. The lowest BCUT2D eigenvalue weighted by Crippen LogP contribution is -2.37. The molecule has 4 rings (SSSR count). The second-order valence-corrected chi connectivity index (χ2v) is 8.92. The van der Waals surface area contributed by atoms with Crippen LogP contribution in [0.15, 0.2) is 50.8 Å². The van der Waals surface area contributed by atoms with Crippen molar-refractivity contribution in [3.05, 3.63) is 47.9 Å². The number of rotatable bonds is 4. The molecule has 7 nitrogen and oxygen atoms in total. The van der Waals surface area contributed by atoms with E-state index in [9.17, 15) is 8.42 Å². The van der Waals surface area contributed by atoms with E-state index in [4.69, 9.17) is 4.52 Å². The summed E-state index contributed by atoms with van der Waals surface area (Å²) in [4.78, 5) is 8.44. The number of nitrogens with zero attached hydrogens (tertiary/aromatic N) is 4. The van der Waals surface area contributed by atoms with Gasteiger partial charge in [0.1, 0.15) is 4.21 Å². The van der Waals surface area contributed by atoms with E-state index < -0.39 is 10.0 Å². The van der Waals surface area contributed by atoms with E-state index >= 15 is 0 Å². The molecule has 0 N–H and O–H groups in total. The van der Waals surface area contributed by atoms with Crippen molar-refractivity contribution in [2.45, 2.75) is 23.0 Å². The molecule has 130 valence electrons. The van der Waals surface area contributed by atoms with E-state index in [1.54, 1.807) is 29.9 Å². The Morgan fingerprint density at radius 1 is 1.16 bits per heavy atom. The molecule has 1 aliphatic heterocycles. The molecule has 1 aliphatic rings. The van der Waals surface area contributed by atoms with Crippen molar-refractivity contribution >= 4 is 21.4 Å². The highest BCUT2D eigenvalue weighted by atomic mass is 32.2. The minimum atomic E-state index is -3.38. The van der Waals surface area contributed by atoms with Crippen LogP contribution in [0.4, 0.5) is 0 Å². The fourth-order valence-electron chi connectivity index (χ4n) is 2.90. The number of thiophene rings is 1. The Kier molecular flexibility index (Phi) is 4.36. The monoisotopic (exact) mass is 376 g/mol. The minimum absolute atomic E-state index is 0.0814. The topological polar surface area (TPSA) is 89.2 Å². The highest BCUT2D eigenvalue weighted by Gasteiger charge is 2.32. The smallest absolute Gasteiger partial charge is 0.252 e. The van der Waals surface area contributed by atoms with Gasteiger partial charge in [0.2, 0.25) is 11.7 Å². The first-order valence-corrected chi connectivity index (χ1v) is 10.2. The minimum Gasteiger partial charge on any atom is -0.339 e. The first-order chi connectivity index (χ1) is 12.1. The van der Waals surface area contributed by atoms with Gasteiger partial charge in [-0.25, -0.2) is 8.42 Å². The molecule has 0 spiro atoms. The maximum Gasteiger partial charge on any atom is 0.252 e. The lowest BCUT2D eigenvalue weighted by atomic mass is 9.98. The van der Waals surface area contributed by atoms with Crippen LogP contribution in [0.3, 0.4) is 0 Å². The van der Waals surface area contributed by atoms with Crippen LogP contribution in [0, 0.1) is 0 Å². The Balaban J connectivity index is 1.45. The number of pyridine rings is 1. The Morgan fingerprint density at radius 2 is 1.92 bits per heavy atom. The summed E-state index contributed by atoms with van der Waals surface area (Å²) in [6.45, 7) is 0.912. The Bertz CT molecular complexity index is 931. The largest absolute Gasteiger partial charge is 0.339 e. The molecule has 0 bridgehead atoms. The van der Waals surface area contributed by atoms with Crippen molar-refractivity contribution in [3.63, 3.8) is 0 Å². The van der Waals surface area contributed by atoms with Gasteiger partial charge in [-0.05, 0) is 36.4 Å². The molecular weight excluding hydrogens is 360 g/mol. The van der Waals surface area contributed by atoms with Crippen LogP contribution < -0.4 is 0 Å². The van der Waals surface area contributed by atoms with Crippen LogP contribution >= 0.6 is 11.3 Å². The van der Waals surface area contributed by atoms with E-state index in [1.165, 1.54) is 15.6 Å². The fraction of sp³-hybridized carbons (Fsp3) is 0.312. The summed E-state index contributed by atoms with van der Waals surface area (Å²) in [7, 11) is -3.38. The van der Waals surface area contributed by atoms with Crippen molar-refractivity contribution in [3.8, 4) is 11.4 Å². The molecule has 0 unspecified atom stereocenters. The van der Waals surface area contributed by atoms with Gasteiger partial charge in [0.15, 0.2) is 0 Å². The molecule has 25 heavy (non-hydrogen) atoms. The van der Waals surface area contributed by atoms with E-state index in [0.717, 1.165) is 5.56 Å². The molecule has 3 aromatic heterocycles. The lowest BCUT2D eigenvalue weighted by Gasteiger charge is -2.29. The fourth-order valence-corrected chi connectivity index (χ4v) is 5.51. The third-order valence-corrected chi connectivity index (χ3v) is 7.54. The molecule has 4 heterocycles. The first-order valence-electron chi connectivity index (χ1n) is 7.92. The van der Waals surface area contributed by atoms with Gasteiger partial charge >= 0.3 is 0 Å². The van der Waals surface area contributed by atoms with Crippen molar-refractivity contribution < 1.29 is 12.9 Å². The highest BCUT2D eigenvalue weighted by Crippen LogP contribution is 2.31. The normalized spacial score (nSPS) is 17.0. The number of hydrogen-bond acceptors (Lipinski definition) is 7. The van der Waals surface area contributed by atoms with E-state index in [0.29, 0.717) is 41.9 Å². The molecule has 9 heteroatoms. The van der Waals surface area contributed by atoms with Gasteiger partial charge in [-0.3, -0.25) is 4.98 Å². The lowest BCUT2D eigenvalue weighted by molar-refractivity contribution is 0.271. The van der Waals surface area contributed by atoms with Crippen molar-refractivity contribution in [1.82, 2.24) is 19.4 Å². The average Bonchev–Trinajstić information content (AvgIpc) is 3.35. The number of sulfonamides is 1. The summed E-state index contributed by atoms with van der Waals surface area (Å²) in [6, 6.07) is 7.05. The summed E-state index contributed by atoms with van der Waals surface area (Å²) in [5.41, 5.74) is 0.850. The second kappa shape index (κ2) is 6.66. The highest BCUT2D eigenvalue weighted by molar-refractivity contribution is 7.91. The molecule has 0 aliphatic carbocycles. The van der Waals surface area contributed by atoms with E-state index in [1.807, 2.05) is 12.1 Å². The number of piperidine rings is 1. The van der Waals surface area contributed by atoms with Crippen LogP contribution in [0.1, 0.15) is 24.7 Å².